The van der Waals surface area contributed by atoms with Crippen molar-refractivity contribution in [2.24, 2.45) is 10.4 Å². The molecule has 0 saturated heterocycles. The first kappa shape index (κ1) is 13.1. The average molecular weight is 245 g/mol. The Morgan fingerprint density at radius 1 is 1.22 bits per heavy atom. The van der Waals surface area contributed by atoms with Crippen LogP contribution in [0.4, 0.5) is 0 Å². The molecule has 1 aromatic carbocycles. The Morgan fingerprint density at radius 2 is 1.89 bits per heavy atom. The largest absolute Gasteiger partial charge is 0.481 e. The Morgan fingerprint density at radius 3 is 2.50 bits per heavy atom. The molecule has 1 aliphatic heterocycles. The van der Waals surface area contributed by atoms with E-state index in [1.807, 2.05) is 6.07 Å². The van der Waals surface area contributed by atoms with Crippen molar-refractivity contribution in [3.8, 4) is 0 Å². The molecule has 18 heavy (non-hydrogen) atoms. The van der Waals surface area contributed by atoms with Crippen LogP contribution < -0.4 is 0 Å². The molecule has 0 aromatic heterocycles. The molecule has 1 aliphatic rings. The van der Waals surface area contributed by atoms with Crippen LogP contribution in [-0.2, 0) is 10.3 Å². The smallest absolute Gasteiger partial charge is 0.184 e. The molecule has 1 heterocycles. The molecule has 0 amide bonds. The molecule has 0 saturated carbocycles. The number of nitrogens with zero attached hydrogens (tertiary/aromatic N) is 1. The third-order valence-electron chi connectivity index (χ3n) is 3.31. The maximum Gasteiger partial charge on any atom is 0.184 e. The lowest BCUT2D eigenvalue weighted by Gasteiger charge is -2.33. The quantitative estimate of drug-likeness (QED) is 0.766. The van der Waals surface area contributed by atoms with Gasteiger partial charge in [0.15, 0.2) is 5.90 Å². The van der Waals surface area contributed by atoms with E-state index in [4.69, 9.17) is 9.73 Å². The Bertz CT molecular complexity index is 430. The zero-order chi connectivity index (χ0) is 13.2. The summed E-state index contributed by atoms with van der Waals surface area (Å²) in [6, 6.07) is 10.5. The van der Waals surface area contributed by atoms with Gasteiger partial charge in [-0.1, -0.05) is 51.1 Å². The number of hydrogen-bond acceptors (Lipinski definition) is 2. The predicted octanol–water partition coefficient (Wildman–Crippen LogP) is 4.16. The van der Waals surface area contributed by atoms with Crippen molar-refractivity contribution < 1.29 is 4.74 Å². The van der Waals surface area contributed by atoms with Gasteiger partial charge in [-0.3, -0.25) is 0 Å². The standard InChI is InChI=1S/C16H23NO/c1-15(2,3)12-14-17-16(4,10-11-18-14)13-8-6-5-7-9-13/h5-9H,10-12H2,1-4H3. The summed E-state index contributed by atoms with van der Waals surface area (Å²) in [4.78, 5) is 4.86. The monoisotopic (exact) mass is 245 g/mol. The lowest BCUT2D eigenvalue weighted by Crippen LogP contribution is -2.31. The Balaban J connectivity index is 2.26. The molecule has 1 unspecified atom stereocenters. The van der Waals surface area contributed by atoms with Gasteiger partial charge in [0.05, 0.1) is 12.1 Å². The van der Waals surface area contributed by atoms with Crippen molar-refractivity contribution in [2.75, 3.05) is 6.61 Å². The van der Waals surface area contributed by atoms with Crippen LogP contribution in [-0.4, -0.2) is 12.5 Å². The minimum Gasteiger partial charge on any atom is -0.481 e. The molecule has 1 aromatic rings. The molecule has 2 heteroatoms. The molecule has 98 valence electrons. The van der Waals surface area contributed by atoms with E-state index in [2.05, 4.69) is 52.0 Å². The summed E-state index contributed by atoms with van der Waals surface area (Å²) in [6.45, 7) is 9.61. The lowest BCUT2D eigenvalue weighted by molar-refractivity contribution is 0.204. The van der Waals surface area contributed by atoms with Gasteiger partial charge in [0.2, 0.25) is 0 Å². The number of benzene rings is 1. The van der Waals surface area contributed by atoms with E-state index in [1.54, 1.807) is 0 Å². The number of rotatable bonds is 2. The van der Waals surface area contributed by atoms with Gasteiger partial charge < -0.3 is 4.74 Å². The van der Waals surface area contributed by atoms with Gasteiger partial charge in [-0.05, 0) is 17.9 Å². The van der Waals surface area contributed by atoms with Crippen molar-refractivity contribution in [1.29, 1.82) is 0 Å². The van der Waals surface area contributed by atoms with E-state index in [-0.39, 0.29) is 11.0 Å². The fourth-order valence-corrected chi connectivity index (χ4v) is 2.28. The van der Waals surface area contributed by atoms with Crippen LogP contribution in [0.5, 0.6) is 0 Å². The van der Waals surface area contributed by atoms with Crippen LogP contribution in [0, 0.1) is 5.41 Å². The van der Waals surface area contributed by atoms with E-state index >= 15 is 0 Å². The first-order valence-corrected chi connectivity index (χ1v) is 6.66. The summed E-state index contributed by atoms with van der Waals surface area (Å²) in [5.41, 5.74) is 1.37. The highest BCUT2D eigenvalue weighted by Gasteiger charge is 2.31. The minimum absolute atomic E-state index is 0.125. The van der Waals surface area contributed by atoms with Crippen molar-refractivity contribution in [3.05, 3.63) is 35.9 Å². The van der Waals surface area contributed by atoms with E-state index < -0.39 is 0 Å². The molecule has 2 rings (SSSR count). The molecule has 2 nitrogen and oxygen atoms in total. The summed E-state index contributed by atoms with van der Waals surface area (Å²) in [7, 11) is 0. The third-order valence-corrected chi connectivity index (χ3v) is 3.31. The van der Waals surface area contributed by atoms with Crippen molar-refractivity contribution in [2.45, 2.75) is 46.1 Å². The maximum absolute atomic E-state index is 5.72. The van der Waals surface area contributed by atoms with E-state index in [0.717, 1.165) is 25.3 Å². The third kappa shape index (κ3) is 3.12. The molecular formula is C16H23NO. The van der Waals surface area contributed by atoms with E-state index in [9.17, 15) is 0 Å². The Kier molecular flexibility index (Phi) is 3.47. The fourth-order valence-electron chi connectivity index (χ4n) is 2.28. The number of ether oxygens (including phenoxy) is 1. The van der Waals surface area contributed by atoms with Crippen molar-refractivity contribution >= 4 is 5.90 Å². The molecule has 0 aliphatic carbocycles. The van der Waals surface area contributed by atoms with Crippen LogP contribution in [0.2, 0.25) is 0 Å². The summed E-state index contributed by atoms with van der Waals surface area (Å²) >= 11 is 0. The SMILES string of the molecule is CC(C)(C)CC1=NC(C)(c2ccccc2)CCO1. The highest BCUT2D eigenvalue weighted by molar-refractivity contribution is 5.78. The molecule has 0 radical (unpaired) electrons. The number of aliphatic imine (C=N–C) groups is 1. The fraction of sp³-hybridized carbons (Fsp3) is 0.562. The van der Waals surface area contributed by atoms with Crippen LogP contribution in [0.3, 0.4) is 0 Å². The van der Waals surface area contributed by atoms with Gasteiger partial charge in [0, 0.05) is 12.8 Å². The molecule has 0 N–H and O–H groups in total. The van der Waals surface area contributed by atoms with E-state index in [0.29, 0.717) is 0 Å². The van der Waals surface area contributed by atoms with Gasteiger partial charge in [-0.15, -0.1) is 0 Å². The van der Waals surface area contributed by atoms with E-state index in [1.165, 1.54) is 5.56 Å². The van der Waals surface area contributed by atoms with Crippen LogP contribution >= 0.6 is 0 Å². The molecule has 0 spiro atoms. The van der Waals surface area contributed by atoms with Gasteiger partial charge in [-0.25, -0.2) is 4.99 Å². The second-order valence-corrected chi connectivity index (χ2v) is 6.48. The Hall–Kier alpha value is -1.31. The van der Waals surface area contributed by atoms with Crippen molar-refractivity contribution in [1.82, 2.24) is 0 Å². The molecular weight excluding hydrogens is 222 g/mol. The zero-order valence-corrected chi connectivity index (χ0v) is 11.9. The maximum atomic E-state index is 5.72. The highest BCUT2D eigenvalue weighted by atomic mass is 16.5. The van der Waals surface area contributed by atoms with Gasteiger partial charge in [0.25, 0.3) is 0 Å². The summed E-state index contributed by atoms with van der Waals surface area (Å²) in [5.74, 6) is 0.903. The van der Waals surface area contributed by atoms with Crippen LogP contribution in [0.1, 0.15) is 46.1 Å². The summed E-state index contributed by atoms with van der Waals surface area (Å²) in [6.07, 6.45) is 1.85. The van der Waals surface area contributed by atoms with Crippen LogP contribution in [0.15, 0.2) is 35.3 Å². The first-order valence-electron chi connectivity index (χ1n) is 6.66. The second kappa shape index (κ2) is 4.75. The molecule has 1 atom stereocenters. The van der Waals surface area contributed by atoms with Crippen LogP contribution in [0.25, 0.3) is 0 Å². The predicted molar refractivity (Wildman–Crippen MR) is 75.9 cm³/mol. The Labute approximate surface area is 110 Å². The summed E-state index contributed by atoms with van der Waals surface area (Å²) in [5, 5.41) is 0. The topological polar surface area (TPSA) is 21.6 Å². The molecule has 0 fully saturated rings. The van der Waals surface area contributed by atoms with Gasteiger partial charge in [-0.2, -0.15) is 0 Å². The normalized spacial score (nSPS) is 24.3. The molecule has 0 bridgehead atoms. The van der Waals surface area contributed by atoms with Crippen molar-refractivity contribution in [3.63, 3.8) is 0 Å². The van der Waals surface area contributed by atoms with Gasteiger partial charge in [0.1, 0.15) is 0 Å². The first-order chi connectivity index (χ1) is 8.39. The highest BCUT2D eigenvalue weighted by Crippen LogP contribution is 2.34. The minimum atomic E-state index is -0.125. The number of hydrogen-bond donors (Lipinski definition) is 0. The lowest BCUT2D eigenvalue weighted by atomic mass is 9.87. The zero-order valence-electron chi connectivity index (χ0n) is 11.9. The second-order valence-electron chi connectivity index (χ2n) is 6.48. The summed E-state index contributed by atoms with van der Waals surface area (Å²) < 4.78 is 5.72. The average Bonchev–Trinajstić information content (AvgIpc) is 2.28. The van der Waals surface area contributed by atoms with Gasteiger partial charge >= 0.3 is 0 Å².